The van der Waals surface area contributed by atoms with Crippen molar-refractivity contribution in [2.75, 3.05) is 6.54 Å². The molecule has 0 radical (unpaired) electrons. The predicted molar refractivity (Wildman–Crippen MR) is 73.5 cm³/mol. The third-order valence-corrected chi connectivity index (χ3v) is 2.67. The molecule has 1 rings (SSSR count). The quantitative estimate of drug-likeness (QED) is 0.855. The molecule has 1 unspecified atom stereocenters. The van der Waals surface area contributed by atoms with Gasteiger partial charge in [-0.25, -0.2) is 0 Å². The van der Waals surface area contributed by atoms with Gasteiger partial charge in [0.05, 0.1) is 5.92 Å². The maximum atomic E-state index is 11.9. The highest BCUT2D eigenvalue weighted by molar-refractivity contribution is 6.30. The number of hydrogen-bond acceptors (Lipinski definition) is 3. The van der Waals surface area contributed by atoms with E-state index in [1.807, 2.05) is 32.9 Å². The first-order chi connectivity index (χ1) is 8.31. The number of carbonyl (C=O) groups excluding carboxylic acids is 1. The van der Waals surface area contributed by atoms with E-state index in [2.05, 4.69) is 0 Å². The lowest BCUT2D eigenvalue weighted by Crippen LogP contribution is -2.33. The fourth-order valence-electron chi connectivity index (χ4n) is 1.55. The zero-order valence-electron chi connectivity index (χ0n) is 11.1. The van der Waals surface area contributed by atoms with Crippen LogP contribution in [0.25, 0.3) is 0 Å². The van der Waals surface area contributed by atoms with Crippen molar-refractivity contribution in [3.05, 3.63) is 34.9 Å². The van der Waals surface area contributed by atoms with Gasteiger partial charge in [0.2, 0.25) is 0 Å². The van der Waals surface area contributed by atoms with E-state index in [4.69, 9.17) is 22.1 Å². The maximum absolute atomic E-state index is 11.9. The number of benzene rings is 1. The molecule has 4 heteroatoms. The van der Waals surface area contributed by atoms with Crippen LogP contribution in [0.15, 0.2) is 24.3 Å². The third kappa shape index (κ3) is 5.07. The smallest absolute Gasteiger partial charge is 0.311 e. The minimum atomic E-state index is -0.482. The highest BCUT2D eigenvalue weighted by Crippen LogP contribution is 2.16. The van der Waals surface area contributed by atoms with Crippen LogP contribution in [0.4, 0.5) is 0 Å². The Balaban J connectivity index is 2.67. The lowest BCUT2D eigenvalue weighted by molar-refractivity contribution is -0.159. The summed E-state index contributed by atoms with van der Waals surface area (Å²) < 4.78 is 5.34. The second-order valence-electron chi connectivity index (χ2n) is 5.30. The van der Waals surface area contributed by atoms with E-state index >= 15 is 0 Å². The first kappa shape index (κ1) is 15.0. The molecule has 0 fully saturated rings. The van der Waals surface area contributed by atoms with E-state index in [-0.39, 0.29) is 18.4 Å². The van der Waals surface area contributed by atoms with Crippen LogP contribution >= 0.6 is 11.6 Å². The fourth-order valence-corrected chi connectivity index (χ4v) is 1.68. The Bertz CT molecular complexity index is 395. The molecule has 18 heavy (non-hydrogen) atoms. The van der Waals surface area contributed by atoms with E-state index in [1.54, 1.807) is 12.1 Å². The molecular weight excluding hydrogens is 250 g/mol. The molecule has 0 saturated carbocycles. The molecule has 0 heterocycles. The molecule has 0 bridgehead atoms. The lowest BCUT2D eigenvalue weighted by Gasteiger charge is -2.23. The number of ether oxygens (including phenoxy) is 1. The van der Waals surface area contributed by atoms with Crippen molar-refractivity contribution < 1.29 is 9.53 Å². The van der Waals surface area contributed by atoms with Gasteiger partial charge >= 0.3 is 5.97 Å². The summed E-state index contributed by atoms with van der Waals surface area (Å²) in [5.74, 6) is -0.564. The molecule has 100 valence electrons. The number of hydrogen-bond donors (Lipinski definition) is 1. The molecule has 0 aromatic heterocycles. The van der Waals surface area contributed by atoms with Crippen LogP contribution in [-0.4, -0.2) is 18.1 Å². The summed E-state index contributed by atoms with van der Waals surface area (Å²) in [6.07, 6.45) is 0.572. The fraction of sp³-hybridized carbons (Fsp3) is 0.500. The van der Waals surface area contributed by atoms with Crippen LogP contribution in [0.3, 0.4) is 0 Å². The summed E-state index contributed by atoms with van der Waals surface area (Å²) in [5.41, 5.74) is 6.19. The summed E-state index contributed by atoms with van der Waals surface area (Å²) in [6, 6.07) is 7.41. The van der Waals surface area contributed by atoms with Crippen LogP contribution in [0.5, 0.6) is 0 Å². The Morgan fingerprint density at radius 1 is 1.33 bits per heavy atom. The topological polar surface area (TPSA) is 52.3 Å². The Kier molecular flexibility index (Phi) is 5.17. The number of rotatable bonds is 4. The van der Waals surface area contributed by atoms with Crippen molar-refractivity contribution in [2.45, 2.75) is 32.8 Å². The normalized spacial score (nSPS) is 13.2. The molecule has 2 N–H and O–H groups in total. The molecule has 0 amide bonds. The van der Waals surface area contributed by atoms with Crippen molar-refractivity contribution in [3.63, 3.8) is 0 Å². The Morgan fingerprint density at radius 3 is 2.33 bits per heavy atom. The van der Waals surface area contributed by atoms with Gasteiger partial charge in [-0.05, 0) is 44.9 Å². The van der Waals surface area contributed by atoms with E-state index < -0.39 is 5.60 Å². The van der Waals surface area contributed by atoms with E-state index in [9.17, 15) is 4.79 Å². The monoisotopic (exact) mass is 269 g/mol. The molecule has 0 spiro atoms. The van der Waals surface area contributed by atoms with E-state index in [0.717, 1.165) is 5.56 Å². The van der Waals surface area contributed by atoms with Gasteiger partial charge in [-0.2, -0.15) is 0 Å². The molecule has 1 aromatic carbocycles. The van der Waals surface area contributed by atoms with E-state index in [1.165, 1.54) is 0 Å². The van der Waals surface area contributed by atoms with Gasteiger partial charge in [-0.3, -0.25) is 4.79 Å². The molecule has 0 aliphatic rings. The first-order valence-corrected chi connectivity index (χ1v) is 6.37. The molecule has 1 atom stereocenters. The second-order valence-corrected chi connectivity index (χ2v) is 5.73. The number of carbonyl (C=O) groups is 1. The molecule has 0 aliphatic heterocycles. The summed E-state index contributed by atoms with van der Waals surface area (Å²) in [7, 11) is 0. The molecule has 0 aliphatic carbocycles. The predicted octanol–water partition coefficient (Wildman–Crippen LogP) is 2.80. The SMILES string of the molecule is CC(C)(C)OC(=O)C(CN)Cc1ccc(Cl)cc1. The van der Waals surface area contributed by atoms with Crippen LogP contribution in [-0.2, 0) is 16.0 Å². The molecule has 0 saturated heterocycles. The minimum absolute atomic E-state index is 0.250. The minimum Gasteiger partial charge on any atom is -0.460 e. The summed E-state index contributed by atoms with van der Waals surface area (Å²) in [5, 5.41) is 0.681. The second kappa shape index (κ2) is 6.21. The van der Waals surface area contributed by atoms with Crippen molar-refractivity contribution in [2.24, 2.45) is 11.7 Å². The van der Waals surface area contributed by atoms with Crippen molar-refractivity contribution in [1.82, 2.24) is 0 Å². The number of halogens is 1. The van der Waals surface area contributed by atoms with Crippen LogP contribution in [0.1, 0.15) is 26.3 Å². The summed E-state index contributed by atoms with van der Waals surface area (Å²) in [6.45, 7) is 5.82. The first-order valence-electron chi connectivity index (χ1n) is 5.99. The Hall–Kier alpha value is -1.06. The van der Waals surface area contributed by atoms with Gasteiger partial charge in [0.1, 0.15) is 5.60 Å². The zero-order chi connectivity index (χ0) is 13.8. The van der Waals surface area contributed by atoms with Crippen molar-refractivity contribution in [3.8, 4) is 0 Å². The van der Waals surface area contributed by atoms with Crippen molar-refractivity contribution in [1.29, 1.82) is 0 Å². The van der Waals surface area contributed by atoms with Gasteiger partial charge in [-0.15, -0.1) is 0 Å². The van der Waals surface area contributed by atoms with Gasteiger partial charge in [-0.1, -0.05) is 23.7 Å². The average Bonchev–Trinajstić information content (AvgIpc) is 2.25. The van der Waals surface area contributed by atoms with Gasteiger partial charge in [0.15, 0.2) is 0 Å². The highest BCUT2D eigenvalue weighted by Gasteiger charge is 2.24. The third-order valence-electron chi connectivity index (χ3n) is 2.42. The molecule has 1 aromatic rings. The summed E-state index contributed by atoms with van der Waals surface area (Å²) >= 11 is 5.82. The van der Waals surface area contributed by atoms with Crippen LogP contribution < -0.4 is 5.73 Å². The average molecular weight is 270 g/mol. The summed E-state index contributed by atoms with van der Waals surface area (Å²) in [4.78, 5) is 11.9. The highest BCUT2D eigenvalue weighted by atomic mass is 35.5. The number of nitrogens with two attached hydrogens (primary N) is 1. The lowest BCUT2D eigenvalue weighted by atomic mass is 9.99. The van der Waals surface area contributed by atoms with Crippen LogP contribution in [0, 0.1) is 5.92 Å². The Morgan fingerprint density at radius 2 is 1.89 bits per heavy atom. The van der Waals surface area contributed by atoms with E-state index in [0.29, 0.717) is 11.4 Å². The number of esters is 1. The van der Waals surface area contributed by atoms with Gasteiger partial charge in [0, 0.05) is 11.6 Å². The zero-order valence-corrected chi connectivity index (χ0v) is 11.8. The largest absolute Gasteiger partial charge is 0.460 e. The Labute approximate surface area is 113 Å². The van der Waals surface area contributed by atoms with Crippen LogP contribution in [0.2, 0.25) is 5.02 Å². The van der Waals surface area contributed by atoms with Gasteiger partial charge < -0.3 is 10.5 Å². The molecule has 3 nitrogen and oxygen atoms in total. The van der Waals surface area contributed by atoms with Gasteiger partial charge in [0.25, 0.3) is 0 Å². The standard InChI is InChI=1S/C14H20ClNO2/c1-14(2,3)18-13(17)11(9-16)8-10-4-6-12(15)7-5-10/h4-7,11H,8-9,16H2,1-3H3. The maximum Gasteiger partial charge on any atom is 0.311 e. The molecular formula is C14H20ClNO2. The van der Waals surface area contributed by atoms with Crippen molar-refractivity contribution >= 4 is 17.6 Å².